The molecule has 0 fully saturated rings. The minimum atomic E-state index is -3.76. The van der Waals surface area contributed by atoms with Gasteiger partial charge < -0.3 is 9.64 Å². The van der Waals surface area contributed by atoms with Crippen LogP contribution in [0.4, 0.5) is 0 Å². The van der Waals surface area contributed by atoms with Crippen LogP contribution in [0.15, 0.2) is 27.6 Å². The van der Waals surface area contributed by atoms with E-state index in [-0.39, 0.29) is 10.5 Å². The maximum Gasteiger partial charge on any atom is 0.339 e. The number of esters is 1. The van der Waals surface area contributed by atoms with Crippen LogP contribution in [0.2, 0.25) is 0 Å². The molecule has 0 bridgehead atoms. The Labute approximate surface area is 140 Å². The first-order chi connectivity index (χ1) is 10.4. The van der Waals surface area contributed by atoms with Gasteiger partial charge in [0.15, 0.2) is 0 Å². The largest absolute Gasteiger partial charge is 0.465 e. The molecule has 2 N–H and O–H groups in total. The van der Waals surface area contributed by atoms with Crippen molar-refractivity contribution in [2.45, 2.75) is 18.7 Å². The van der Waals surface area contributed by atoms with Crippen molar-refractivity contribution in [3.8, 4) is 0 Å². The van der Waals surface area contributed by atoms with Crippen molar-refractivity contribution in [2.24, 2.45) is 0 Å². The number of hydrogen-bond donors (Lipinski definition) is 2. The number of ether oxygens (including phenoxy) is 1. The van der Waals surface area contributed by atoms with Gasteiger partial charge in [0.1, 0.15) is 0 Å². The van der Waals surface area contributed by atoms with E-state index >= 15 is 0 Å². The van der Waals surface area contributed by atoms with E-state index in [1.165, 1.54) is 24.1 Å². The minimum Gasteiger partial charge on any atom is -0.465 e. The zero-order valence-corrected chi connectivity index (χ0v) is 15.4. The van der Waals surface area contributed by atoms with Crippen molar-refractivity contribution in [3.63, 3.8) is 0 Å². The fraction of sp³-hybridized carbons (Fsp3) is 0.500. The number of nitrogens with one attached hydrogen (secondary N) is 2. The maximum absolute atomic E-state index is 12.4. The number of sulfonamides is 1. The van der Waals surface area contributed by atoms with Gasteiger partial charge in [-0.25, -0.2) is 17.9 Å². The third-order valence-corrected chi connectivity index (χ3v) is 5.42. The van der Waals surface area contributed by atoms with Crippen molar-refractivity contribution in [1.29, 1.82) is 0 Å². The minimum absolute atomic E-state index is 0.0135. The lowest BCUT2D eigenvalue weighted by atomic mass is 10.2. The van der Waals surface area contributed by atoms with Crippen LogP contribution < -0.4 is 9.62 Å². The smallest absolute Gasteiger partial charge is 0.339 e. The zero-order valence-electron chi connectivity index (χ0n) is 13.0. The second-order valence-corrected chi connectivity index (χ2v) is 7.39. The van der Waals surface area contributed by atoms with Crippen LogP contribution in [0.3, 0.4) is 0 Å². The van der Waals surface area contributed by atoms with Crippen molar-refractivity contribution < 1.29 is 22.8 Å². The molecule has 0 unspecified atom stereocenters. The molecule has 0 aromatic heterocycles. The first kappa shape index (κ1) is 19.1. The monoisotopic (exact) mass is 393 g/mol. The molecule has 0 aliphatic rings. The normalized spacial score (nSPS) is 11.7. The van der Waals surface area contributed by atoms with Crippen molar-refractivity contribution in [3.05, 3.63) is 28.2 Å². The van der Waals surface area contributed by atoms with Crippen molar-refractivity contribution in [1.82, 2.24) is 4.72 Å². The van der Waals surface area contributed by atoms with Gasteiger partial charge in [-0.3, -0.25) is 0 Å². The third kappa shape index (κ3) is 5.05. The quantitative estimate of drug-likeness (QED) is 0.628. The fourth-order valence-corrected chi connectivity index (χ4v) is 3.62. The number of carbonyl (C=O) groups is 1. The van der Waals surface area contributed by atoms with Gasteiger partial charge in [-0.2, -0.15) is 0 Å². The van der Waals surface area contributed by atoms with Crippen LogP contribution >= 0.6 is 15.9 Å². The first-order valence-electron chi connectivity index (χ1n) is 7.06. The molecule has 0 aliphatic heterocycles. The lowest BCUT2D eigenvalue weighted by molar-refractivity contribution is -0.895. The van der Waals surface area contributed by atoms with E-state index in [2.05, 4.69) is 39.2 Å². The topological polar surface area (TPSA) is 76.9 Å². The number of likely N-dealkylation sites (N-methyl/N-ethyl adjacent to an activating group) is 1. The predicted octanol–water partition coefficient (Wildman–Crippen LogP) is 0.439. The van der Waals surface area contributed by atoms with Gasteiger partial charge in [-0.05, 0) is 32.0 Å². The Bertz CT molecular complexity index is 615. The van der Waals surface area contributed by atoms with Crippen molar-refractivity contribution in [2.75, 3.05) is 33.3 Å². The molecule has 0 heterocycles. The Hall–Kier alpha value is -0.960. The Kier molecular flexibility index (Phi) is 7.47. The molecule has 0 aliphatic carbocycles. The molecule has 22 heavy (non-hydrogen) atoms. The average molecular weight is 394 g/mol. The second-order valence-electron chi connectivity index (χ2n) is 4.74. The summed E-state index contributed by atoms with van der Waals surface area (Å²) in [5.41, 5.74) is 0.0135. The van der Waals surface area contributed by atoms with Gasteiger partial charge in [-0.15, -0.1) is 0 Å². The lowest BCUT2D eigenvalue weighted by Gasteiger charge is -2.16. The highest BCUT2D eigenvalue weighted by Crippen LogP contribution is 2.21. The van der Waals surface area contributed by atoms with Gasteiger partial charge in [-0.1, -0.05) is 15.9 Å². The SMILES string of the molecule is CC[NH+](CC)CCNS(=O)(=O)c1ccc(Br)cc1C(=O)OC. The summed E-state index contributed by atoms with van der Waals surface area (Å²) in [6.45, 7) is 6.98. The third-order valence-electron chi connectivity index (χ3n) is 3.41. The molecule has 6 nitrogen and oxygen atoms in total. The van der Waals surface area contributed by atoms with Crippen LogP contribution in [0, 0.1) is 0 Å². The van der Waals surface area contributed by atoms with E-state index in [1.54, 1.807) is 6.07 Å². The van der Waals surface area contributed by atoms with Crippen LogP contribution in [0.5, 0.6) is 0 Å². The van der Waals surface area contributed by atoms with E-state index in [1.807, 2.05) is 0 Å². The molecule has 1 rings (SSSR count). The summed E-state index contributed by atoms with van der Waals surface area (Å²) in [5, 5.41) is 0. The summed E-state index contributed by atoms with van der Waals surface area (Å²) in [5.74, 6) is -0.684. The van der Waals surface area contributed by atoms with E-state index in [9.17, 15) is 13.2 Å². The molecule has 124 valence electrons. The highest BCUT2D eigenvalue weighted by molar-refractivity contribution is 9.10. The molecule has 0 atom stereocenters. The lowest BCUT2D eigenvalue weighted by Crippen LogP contribution is -3.12. The van der Waals surface area contributed by atoms with Crippen LogP contribution in [-0.4, -0.2) is 47.7 Å². The maximum atomic E-state index is 12.4. The molecule has 0 saturated heterocycles. The number of rotatable bonds is 8. The van der Waals surface area contributed by atoms with Gasteiger partial charge in [0.25, 0.3) is 0 Å². The Morgan fingerprint density at radius 3 is 2.50 bits per heavy atom. The Balaban J connectivity index is 2.96. The summed E-state index contributed by atoms with van der Waals surface area (Å²) in [7, 11) is -2.54. The molecule has 1 aromatic carbocycles. The molecule has 0 spiro atoms. The van der Waals surface area contributed by atoms with Gasteiger partial charge in [0.2, 0.25) is 10.0 Å². The molecular weight excluding hydrogens is 372 g/mol. The fourth-order valence-electron chi connectivity index (χ4n) is 2.05. The van der Waals surface area contributed by atoms with Gasteiger partial charge in [0, 0.05) is 4.47 Å². The van der Waals surface area contributed by atoms with E-state index < -0.39 is 16.0 Å². The number of hydrogen-bond acceptors (Lipinski definition) is 4. The number of carbonyl (C=O) groups excluding carboxylic acids is 1. The molecule has 0 radical (unpaired) electrons. The summed E-state index contributed by atoms with van der Waals surface area (Å²) >= 11 is 3.22. The van der Waals surface area contributed by atoms with Crippen LogP contribution in [0.1, 0.15) is 24.2 Å². The molecular formula is C14H22BrN2O4S+. The highest BCUT2D eigenvalue weighted by atomic mass is 79.9. The van der Waals surface area contributed by atoms with Crippen LogP contribution in [-0.2, 0) is 14.8 Å². The number of benzene rings is 1. The predicted molar refractivity (Wildman–Crippen MR) is 87.6 cm³/mol. The molecule has 0 amide bonds. The number of methoxy groups -OCH3 is 1. The standard InChI is InChI=1S/C14H21BrN2O4S/c1-4-17(5-2)9-8-16-22(19,20)13-7-6-11(15)10-12(13)14(18)21-3/h6-7,10,16H,4-5,8-9H2,1-3H3/p+1. The summed E-state index contributed by atoms with van der Waals surface area (Å²) in [4.78, 5) is 13.0. The van der Waals surface area contributed by atoms with Gasteiger partial charge >= 0.3 is 5.97 Å². The summed E-state index contributed by atoms with van der Waals surface area (Å²) in [6, 6.07) is 4.41. The molecule has 0 saturated carbocycles. The van der Waals surface area contributed by atoms with E-state index in [0.29, 0.717) is 17.6 Å². The molecule has 1 aromatic rings. The van der Waals surface area contributed by atoms with Crippen LogP contribution in [0.25, 0.3) is 0 Å². The Morgan fingerprint density at radius 2 is 1.95 bits per heavy atom. The van der Waals surface area contributed by atoms with Crippen molar-refractivity contribution >= 4 is 31.9 Å². The highest BCUT2D eigenvalue weighted by Gasteiger charge is 2.23. The number of halogens is 1. The second kappa shape index (κ2) is 8.61. The Morgan fingerprint density at radius 1 is 1.32 bits per heavy atom. The number of quaternary nitrogens is 1. The first-order valence-corrected chi connectivity index (χ1v) is 9.34. The average Bonchev–Trinajstić information content (AvgIpc) is 2.50. The zero-order chi connectivity index (χ0) is 16.8. The molecule has 8 heteroatoms. The van der Waals surface area contributed by atoms with Gasteiger partial charge in [0.05, 0.1) is 43.7 Å². The summed E-state index contributed by atoms with van der Waals surface area (Å²) < 4.78 is 32.6. The summed E-state index contributed by atoms with van der Waals surface area (Å²) in [6.07, 6.45) is 0. The van der Waals surface area contributed by atoms with E-state index in [4.69, 9.17) is 0 Å². The van der Waals surface area contributed by atoms with E-state index in [0.717, 1.165) is 13.1 Å².